The van der Waals surface area contributed by atoms with Crippen LogP contribution in [-0.4, -0.2) is 25.5 Å². The molecule has 158 valence electrons. The van der Waals surface area contributed by atoms with Crippen LogP contribution in [0.1, 0.15) is 21.6 Å². The molecular formula is C23H18N6O2S. The first-order chi connectivity index (χ1) is 15.7. The zero-order valence-electron chi connectivity index (χ0n) is 16.9. The molecular weight excluding hydrogens is 424 g/mol. The Morgan fingerprint density at radius 3 is 2.66 bits per heavy atom. The van der Waals surface area contributed by atoms with Crippen LogP contribution in [-0.2, 0) is 13.1 Å². The molecule has 2 N–H and O–H groups in total. The lowest BCUT2D eigenvalue weighted by atomic mass is 10.1. The molecule has 3 heterocycles. The highest BCUT2D eigenvalue weighted by Gasteiger charge is 2.13. The molecule has 32 heavy (non-hydrogen) atoms. The molecule has 0 aliphatic carbocycles. The van der Waals surface area contributed by atoms with Gasteiger partial charge in [0, 0.05) is 18.3 Å². The van der Waals surface area contributed by atoms with E-state index in [9.17, 15) is 9.59 Å². The van der Waals surface area contributed by atoms with E-state index in [4.69, 9.17) is 0 Å². The molecule has 9 heteroatoms. The second-order valence-electron chi connectivity index (χ2n) is 7.09. The van der Waals surface area contributed by atoms with Gasteiger partial charge in [0.05, 0.1) is 23.1 Å². The largest absolute Gasteiger partial charge is 0.356 e. The number of fused-ring (bicyclic) bond motifs is 2. The van der Waals surface area contributed by atoms with E-state index in [1.165, 1.54) is 15.9 Å². The minimum atomic E-state index is -0.269. The van der Waals surface area contributed by atoms with E-state index in [1.807, 2.05) is 48.5 Å². The van der Waals surface area contributed by atoms with Crippen LogP contribution in [0.4, 0.5) is 5.13 Å². The minimum absolute atomic E-state index is 0.255. The van der Waals surface area contributed by atoms with Crippen molar-refractivity contribution in [1.82, 2.24) is 24.9 Å². The molecule has 2 aromatic carbocycles. The van der Waals surface area contributed by atoms with Gasteiger partial charge in [0.2, 0.25) is 10.1 Å². The molecule has 5 aromatic rings. The van der Waals surface area contributed by atoms with Gasteiger partial charge in [-0.3, -0.25) is 14.6 Å². The van der Waals surface area contributed by atoms with E-state index < -0.39 is 0 Å². The van der Waals surface area contributed by atoms with Crippen molar-refractivity contribution in [3.05, 3.63) is 100 Å². The number of nitrogens with zero attached hydrogens (tertiary/aromatic N) is 4. The lowest BCUT2D eigenvalue weighted by molar-refractivity contribution is 0.0950. The Kier molecular flexibility index (Phi) is 5.30. The molecule has 1 amide bonds. The molecule has 0 saturated heterocycles. The highest BCUT2D eigenvalue weighted by Crippen LogP contribution is 2.20. The Morgan fingerprint density at radius 1 is 1.00 bits per heavy atom. The van der Waals surface area contributed by atoms with Crippen LogP contribution >= 0.6 is 11.3 Å². The number of benzene rings is 2. The van der Waals surface area contributed by atoms with Gasteiger partial charge in [0.25, 0.3) is 11.5 Å². The number of carbonyl (C=O) groups excluding carboxylic acids is 1. The predicted octanol–water partition coefficient (Wildman–Crippen LogP) is 3.24. The van der Waals surface area contributed by atoms with E-state index in [0.29, 0.717) is 39.6 Å². The molecule has 0 aliphatic rings. The number of anilines is 1. The highest BCUT2D eigenvalue weighted by molar-refractivity contribution is 7.20. The van der Waals surface area contributed by atoms with E-state index in [0.717, 1.165) is 11.3 Å². The molecule has 0 aliphatic heterocycles. The van der Waals surface area contributed by atoms with Gasteiger partial charge >= 0.3 is 0 Å². The van der Waals surface area contributed by atoms with E-state index in [2.05, 4.69) is 25.7 Å². The maximum absolute atomic E-state index is 12.9. The number of aromatic nitrogens is 4. The quantitative estimate of drug-likeness (QED) is 0.419. The molecule has 0 fully saturated rings. The first kappa shape index (κ1) is 19.8. The van der Waals surface area contributed by atoms with Crippen LogP contribution in [0.3, 0.4) is 0 Å². The predicted molar refractivity (Wildman–Crippen MR) is 124 cm³/mol. The number of carbonyl (C=O) groups is 1. The van der Waals surface area contributed by atoms with Gasteiger partial charge in [-0.05, 0) is 35.9 Å². The minimum Gasteiger partial charge on any atom is -0.356 e. The summed E-state index contributed by atoms with van der Waals surface area (Å²) in [6.45, 7) is 0.910. The Balaban J connectivity index is 1.39. The third kappa shape index (κ3) is 4.06. The van der Waals surface area contributed by atoms with Crippen LogP contribution in [0.5, 0.6) is 0 Å². The maximum Gasteiger partial charge on any atom is 0.283 e. The normalized spacial score (nSPS) is 11.0. The van der Waals surface area contributed by atoms with Crippen molar-refractivity contribution in [2.24, 2.45) is 0 Å². The van der Waals surface area contributed by atoms with Crippen LogP contribution in [0.25, 0.3) is 15.9 Å². The van der Waals surface area contributed by atoms with Crippen molar-refractivity contribution in [2.75, 3.05) is 5.32 Å². The van der Waals surface area contributed by atoms with Gasteiger partial charge in [-0.25, -0.2) is 4.98 Å². The van der Waals surface area contributed by atoms with Crippen molar-refractivity contribution in [2.45, 2.75) is 13.1 Å². The van der Waals surface area contributed by atoms with Crippen molar-refractivity contribution in [3.8, 4) is 0 Å². The van der Waals surface area contributed by atoms with Crippen LogP contribution < -0.4 is 16.2 Å². The molecule has 0 atom stereocenters. The Hall–Kier alpha value is -4.11. The lowest BCUT2D eigenvalue weighted by Gasteiger charge is -2.05. The highest BCUT2D eigenvalue weighted by atomic mass is 32.1. The molecule has 0 radical (unpaired) electrons. The molecule has 0 bridgehead atoms. The maximum atomic E-state index is 12.9. The van der Waals surface area contributed by atoms with Crippen molar-refractivity contribution in [1.29, 1.82) is 0 Å². The third-order valence-electron chi connectivity index (χ3n) is 4.90. The van der Waals surface area contributed by atoms with Crippen molar-refractivity contribution in [3.63, 3.8) is 0 Å². The fraction of sp³-hybridized carbons (Fsp3) is 0.0870. The average molecular weight is 443 g/mol. The summed E-state index contributed by atoms with van der Waals surface area (Å²) in [5.41, 5.74) is 2.49. The van der Waals surface area contributed by atoms with Gasteiger partial charge < -0.3 is 10.6 Å². The average Bonchev–Trinajstić information content (AvgIpc) is 3.25. The van der Waals surface area contributed by atoms with E-state index >= 15 is 0 Å². The fourth-order valence-electron chi connectivity index (χ4n) is 3.27. The Labute approximate surface area is 186 Å². The molecule has 5 rings (SSSR count). The molecule has 0 saturated carbocycles. The number of nitrogens with one attached hydrogen (secondary N) is 2. The summed E-state index contributed by atoms with van der Waals surface area (Å²) in [7, 11) is 0. The van der Waals surface area contributed by atoms with Gasteiger partial charge in [0.15, 0.2) is 0 Å². The van der Waals surface area contributed by atoms with Crippen molar-refractivity contribution >= 4 is 38.2 Å². The second kappa shape index (κ2) is 8.56. The Morgan fingerprint density at radius 2 is 1.84 bits per heavy atom. The first-order valence-corrected chi connectivity index (χ1v) is 10.8. The summed E-state index contributed by atoms with van der Waals surface area (Å²) in [5.74, 6) is -0.255. The van der Waals surface area contributed by atoms with Crippen LogP contribution in [0.2, 0.25) is 0 Å². The Bertz CT molecular complexity index is 1460. The zero-order valence-corrected chi connectivity index (χ0v) is 17.7. The van der Waals surface area contributed by atoms with Gasteiger partial charge in [-0.1, -0.05) is 47.7 Å². The monoisotopic (exact) mass is 442 g/mol. The first-order valence-electron chi connectivity index (χ1n) is 9.97. The number of hydrogen-bond acceptors (Lipinski definition) is 7. The second-order valence-corrected chi connectivity index (χ2v) is 8.05. The van der Waals surface area contributed by atoms with Gasteiger partial charge in [-0.15, -0.1) is 5.10 Å². The van der Waals surface area contributed by atoms with Crippen LogP contribution in [0.15, 0.2) is 77.7 Å². The summed E-state index contributed by atoms with van der Waals surface area (Å²) in [6, 6.07) is 20.3. The van der Waals surface area contributed by atoms with Crippen LogP contribution in [0, 0.1) is 0 Å². The van der Waals surface area contributed by atoms with Crippen molar-refractivity contribution < 1.29 is 4.79 Å². The summed E-state index contributed by atoms with van der Waals surface area (Å²) in [5, 5.41) is 11.4. The molecule has 0 spiro atoms. The number of pyridine rings is 1. The standard InChI is InChI=1S/C23H18N6O2S/c30-20(25-14-17-8-4-5-11-24-17)16-9-10-18-19(12-16)27-23-29(21(18)31)28-22(32-23)26-13-15-6-2-1-3-7-15/h1-12H,13-14H2,(H,25,30)(H,26,28). The summed E-state index contributed by atoms with van der Waals surface area (Å²) in [6.07, 6.45) is 1.68. The van der Waals surface area contributed by atoms with Gasteiger partial charge in [0.1, 0.15) is 0 Å². The zero-order chi connectivity index (χ0) is 21.9. The van der Waals surface area contributed by atoms with E-state index in [1.54, 1.807) is 24.4 Å². The summed E-state index contributed by atoms with van der Waals surface area (Å²) in [4.78, 5) is 34.7. The SMILES string of the molecule is O=C(NCc1ccccn1)c1ccc2c(=O)n3nc(NCc4ccccc4)sc3nc2c1. The smallest absolute Gasteiger partial charge is 0.283 e. The number of hydrogen-bond donors (Lipinski definition) is 2. The fourth-order valence-corrected chi connectivity index (χ4v) is 4.06. The van der Waals surface area contributed by atoms with Gasteiger partial charge in [-0.2, -0.15) is 4.52 Å². The molecule has 3 aromatic heterocycles. The summed E-state index contributed by atoms with van der Waals surface area (Å²) < 4.78 is 1.29. The lowest BCUT2D eigenvalue weighted by Crippen LogP contribution is -2.23. The molecule has 8 nitrogen and oxygen atoms in total. The third-order valence-corrected chi connectivity index (χ3v) is 5.77. The number of amides is 1. The topological polar surface area (TPSA) is 101 Å². The number of rotatable bonds is 6. The molecule has 0 unspecified atom stereocenters. The summed E-state index contributed by atoms with van der Waals surface area (Å²) >= 11 is 1.29. The van der Waals surface area contributed by atoms with E-state index in [-0.39, 0.29) is 11.5 Å².